The van der Waals surface area contributed by atoms with Crippen molar-refractivity contribution < 1.29 is 4.74 Å². The number of pyridine rings is 2. The predicted molar refractivity (Wildman–Crippen MR) is 75.4 cm³/mol. The highest BCUT2D eigenvalue weighted by atomic mass is 16.5. The van der Waals surface area contributed by atoms with Crippen LogP contribution in [0, 0.1) is 6.92 Å². The number of hydrogen-bond donors (Lipinski definition) is 1. The van der Waals surface area contributed by atoms with E-state index in [4.69, 9.17) is 10.5 Å². The van der Waals surface area contributed by atoms with Crippen molar-refractivity contribution in [3.05, 3.63) is 47.5 Å². The summed E-state index contributed by atoms with van der Waals surface area (Å²) in [4.78, 5) is 8.65. The second kappa shape index (κ2) is 6.29. The number of rotatable bonds is 5. The van der Waals surface area contributed by atoms with Gasteiger partial charge in [0, 0.05) is 11.9 Å². The molecule has 0 aliphatic rings. The lowest BCUT2D eigenvalue weighted by atomic mass is 10.2. The first-order chi connectivity index (χ1) is 9.22. The van der Waals surface area contributed by atoms with E-state index in [1.807, 2.05) is 31.3 Å². The number of nitrogens with two attached hydrogens (primary N) is 1. The summed E-state index contributed by atoms with van der Waals surface area (Å²) < 4.78 is 5.88. The zero-order valence-corrected chi connectivity index (χ0v) is 11.4. The molecule has 2 aromatic heterocycles. The molecule has 19 heavy (non-hydrogen) atoms. The van der Waals surface area contributed by atoms with E-state index in [0.29, 0.717) is 6.54 Å². The van der Waals surface area contributed by atoms with Crippen LogP contribution in [0.5, 0.6) is 11.5 Å². The molecule has 0 atom stereocenters. The van der Waals surface area contributed by atoms with Crippen molar-refractivity contribution in [2.24, 2.45) is 5.73 Å². The fourth-order valence-electron chi connectivity index (χ4n) is 1.89. The van der Waals surface area contributed by atoms with Gasteiger partial charge < -0.3 is 10.5 Å². The second-order valence-corrected chi connectivity index (χ2v) is 4.42. The van der Waals surface area contributed by atoms with Gasteiger partial charge in [0.1, 0.15) is 11.5 Å². The Kier molecular flexibility index (Phi) is 4.47. The van der Waals surface area contributed by atoms with Crippen LogP contribution in [0.2, 0.25) is 0 Å². The number of aromatic nitrogens is 2. The zero-order chi connectivity index (χ0) is 13.7. The first-order valence-corrected chi connectivity index (χ1v) is 6.51. The Morgan fingerprint density at radius 2 is 2.11 bits per heavy atom. The summed E-state index contributed by atoms with van der Waals surface area (Å²) in [7, 11) is 0. The first kappa shape index (κ1) is 13.5. The Hall–Kier alpha value is -1.94. The molecule has 0 spiro atoms. The van der Waals surface area contributed by atoms with E-state index >= 15 is 0 Å². The highest BCUT2D eigenvalue weighted by Crippen LogP contribution is 2.25. The highest BCUT2D eigenvalue weighted by molar-refractivity contribution is 5.35. The van der Waals surface area contributed by atoms with Crippen molar-refractivity contribution in [2.45, 2.75) is 26.7 Å². The number of aryl methyl sites for hydroxylation is 2. The smallest absolute Gasteiger partial charge is 0.148 e. The number of hydrogen-bond acceptors (Lipinski definition) is 4. The average Bonchev–Trinajstić information content (AvgIpc) is 2.41. The standard InChI is InChI=1S/C15H19N3O/c1-3-14-15(5-4-11(2)18-14)19-13-8-12(6-7-16)9-17-10-13/h4-5,8-10H,3,6-7,16H2,1-2H3. The van der Waals surface area contributed by atoms with E-state index in [1.54, 1.807) is 6.20 Å². The molecule has 2 N–H and O–H groups in total. The third-order valence-electron chi connectivity index (χ3n) is 2.84. The number of nitrogens with zero attached hydrogens (tertiary/aromatic N) is 2. The van der Waals surface area contributed by atoms with Gasteiger partial charge in [-0.05, 0) is 50.1 Å². The van der Waals surface area contributed by atoms with Crippen LogP contribution in [0.3, 0.4) is 0 Å². The molecule has 0 unspecified atom stereocenters. The molecule has 2 rings (SSSR count). The lowest BCUT2D eigenvalue weighted by molar-refractivity contribution is 0.469. The third kappa shape index (κ3) is 3.51. The van der Waals surface area contributed by atoms with Gasteiger partial charge in [-0.25, -0.2) is 0 Å². The van der Waals surface area contributed by atoms with Gasteiger partial charge in [-0.2, -0.15) is 0 Å². The monoisotopic (exact) mass is 257 g/mol. The normalized spacial score (nSPS) is 10.5. The Morgan fingerprint density at radius 1 is 1.26 bits per heavy atom. The van der Waals surface area contributed by atoms with Crippen LogP contribution in [0.4, 0.5) is 0 Å². The topological polar surface area (TPSA) is 61.0 Å². The Labute approximate surface area is 113 Å². The first-order valence-electron chi connectivity index (χ1n) is 6.51. The maximum Gasteiger partial charge on any atom is 0.148 e. The van der Waals surface area contributed by atoms with Crippen LogP contribution < -0.4 is 10.5 Å². The molecular weight excluding hydrogens is 238 g/mol. The summed E-state index contributed by atoms with van der Waals surface area (Å²) in [5.74, 6) is 1.52. The summed E-state index contributed by atoms with van der Waals surface area (Å²) in [5.41, 5.74) is 8.59. The molecule has 0 aromatic carbocycles. The molecule has 2 heterocycles. The van der Waals surface area contributed by atoms with Crippen LogP contribution >= 0.6 is 0 Å². The van der Waals surface area contributed by atoms with E-state index in [1.165, 1.54) is 0 Å². The van der Waals surface area contributed by atoms with E-state index in [0.717, 1.165) is 41.3 Å². The summed E-state index contributed by atoms with van der Waals surface area (Å²) in [6, 6.07) is 5.88. The molecule has 2 aromatic rings. The third-order valence-corrected chi connectivity index (χ3v) is 2.84. The molecule has 0 fully saturated rings. The minimum atomic E-state index is 0.609. The fraction of sp³-hybridized carbons (Fsp3) is 0.333. The van der Waals surface area contributed by atoms with E-state index in [9.17, 15) is 0 Å². The molecule has 4 heteroatoms. The molecule has 0 bridgehead atoms. The van der Waals surface area contributed by atoms with Gasteiger partial charge in [0.05, 0.1) is 11.9 Å². The SMILES string of the molecule is CCc1nc(C)ccc1Oc1cncc(CCN)c1. The highest BCUT2D eigenvalue weighted by Gasteiger charge is 2.06. The Morgan fingerprint density at radius 3 is 2.84 bits per heavy atom. The minimum Gasteiger partial charge on any atom is -0.454 e. The molecule has 100 valence electrons. The quantitative estimate of drug-likeness (QED) is 0.894. The van der Waals surface area contributed by atoms with Crippen molar-refractivity contribution in [3.8, 4) is 11.5 Å². The van der Waals surface area contributed by atoms with E-state index in [2.05, 4.69) is 16.9 Å². The van der Waals surface area contributed by atoms with Gasteiger partial charge in [-0.3, -0.25) is 9.97 Å². The lowest BCUT2D eigenvalue weighted by Crippen LogP contribution is -2.03. The van der Waals surface area contributed by atoms with E-state index < -0.39 is 0 Å². The van der Waals surface area contributed by atoms with Crippen molar-refractivity contribution in [1.82, 2.24) is 9.97 Å². The lowest BCUT2D eigenvalue weighted by Gasteiger charge is -2.10. The molecule has 0 aliphatic heterocycles. The second-order valence-electron chi connectivity index (χ2n) is 4.42. The Balaban J connectivity index is 2.23. The van der Waals surface area contributed by atoms with Crippen molar-refractivity contribution in [2.75, 3.05) is 6.54 Å². The van der Waals surface area contributed by atoms with Crippen LogP contribution in [0.15, 0.2) is 30.6 Å². The Bertz CT molecular complexity index is 555. The molecular formula is C15H19N3O. The average molecular weight is 257 g/mol. The molecule has 4 nitrogen and oxygen atoms in total. The molecule has 0 saturated carbocycles. The van der Waals surface area contributed by atoms with Gasteiger partial charge in [-0.15, -0.1) is 0 Å². The van der Waals surface area contributed by atoms with E-state index in [-0.39, 0.29) is 0 Å². The van der Waals surface area contributed by atoms with Crippen LogP contribution in [-0.4, -0.2) is 16.5 Å². The molecule has 0 radical (unpaired) electrons. The van der Waals surface area contributed by atoms with Gasteiger partial charge in [-0.1, -0.05) is 6.92 Å². The number of ether oxygens (including phenoxy) is 1. The summed E-state index contributed by atoms with van der Waals surface area (Å²) in [6.45, 7) is 4.65. The van der Waals surface area contributed by atoms with Crippen molar-refractivity contribution >= 4 is 0 Å². The summed E-state index contributed by atoms with van der Waals surface area (Å²) in [6.07, 6.45) is 5.16. The van der Waals surface area contributed by atoms with Crippen LogP contribution in [-0.2, 0) is 12.8 Å². The van der Waals surface area contributed by atoms with Crippen LogP contribution in [0.1, 0.15) is 23.9 Å². The van der Waals surface area contributed by atoms with Gasteiger partial charge in [0.25, 0.3) is 0 Å². The summed E-state index contributed by atoms with van der Waals surface area (Å²) in [5, 5.41) is 0. The van der Waals surface area contributed by atoms with Gasteiger partial charge in [0.2, 0.25) is 0 Å². The van der Waals surface area contributed by atoms with Crippen molar-refractivity contribution in [3.63, 3.8) is 0 Å². The van der Waals surface area contributed by atoms with Gasteiger partial charge in [0.15, 0.2) is 0 Å². The minimum absolute atomic E-state index is 0.609. The maximum atomic E-state index is 5.88. The zero-order valence-electron chi connectivity index (χ0n) is 11.4. The molecule has 0 aliphatic carbocycles. The summed E-state index contributed by atoms with van der Waals surface area (Å²) >= 11 is 0. The van der Waals surface area contributed by atoms with Crippen LogP contribution in [0.25, 0.3) is 0 Å². The maximum absolute atomic E-state index is 5.88. The van der Waals surface area contributed by atoms with Gasteiger partial charge >= 0.3 is 0 Å². The fourth-order valence-corrected chi connectivity index (χ4v) is 1.89. The largest absolute Gasteiger partial charge is 0.454 e. The molecule has 0 saturated heterocycles. The molecule has 0 amide bonds. The predicted octanol–water partition coefficient (Wildman–Crippen LogP) is 2.64. The van der Waals surface area contributed by atoms with Crippen molar-refractivity contribution in [1.29, 1.82) is 0 Å².